The number of Topliss-reactive ketones (excluding diaryl/α,β-unsaturated/α-hetero) is 1. The summed E-state index contributed by atoms with van der Waals surface area (Å²) in [6, 6.07) is 6.99. The second kappa shape index (κ2) is 7.78. The van der Waals surface area contributed by atoms with E-state index in [1.165, 1.54) is 0 Å². The van der Waals surface area contributed by atoms with Crippen molar-refractivity contribution < 1.29 is 14.7 Å². The Bertz CT molecular complexity index is 481. The number of hydrogen-bond donors (Lipinski definition) is 2. The summed E-state index contributed by atoms with van der Waals surface area (Å²) in [7, 11) is 3.87. The molecule has 0 bridgehead atoms. The third kappa shape index (κ3) is 5.55. The third-order valence-electron chi connectivity index (χ3n) is 3.17. The van der Waals surface area contributed by atoms with Crippen molar-refractivity contribution in [3.63, 3.8) is 0 Å². The summed E-state index contributed by atoms with van der Waals surface area (Å²) in [6.45, 7) is 3.88. The molecule has 1 unspecified atom stereocenters. The minimum absolute atomic E-state index is 0.0219. The van der Waals surface area contributed by atoms with Gasteiger partial charge in [-0.25, -0.2) is 0 Å². The molecule has 116 valence electrons. The maximum absolute atomic E-state index is 12.5. The van der Waals surface area contributed by atoms with E-state index in [2.05, 4.69) is 5.32 Å². The van der Waals surface area contributed by atoms with E-state index in [0.29, 0.717) is 12.0 Å². The predicted octanol–water partition coefficient (Wildman–Crippen LogP) is 2.17. The van der Waals surface area contributed by atoms with Gasteiger partial charge >= 0.3 is 5.97 Å². The van der Waals surface area contributed by atoms with Gasteiger partial charge in [0.15, 0.2) is 5.78 Å². The van der Waals surface area contributed by atoms with Crippen LogP contribution in [-0.4, -0.2) is 43.0 Å². The number of hydrogen-bond acceptors (Lipinski definition) is 4. The molecule has 0 spiro atoms. The number of aliphatic carboxylic acids is 1. The minimum atomic E-state index is -0.888. The first-order valence-corrected chi connectivity index (χ1v) is 7.10. The summed E-state index contributed by atoms with van der Waals surface area (Å²) in [6.07, 6.45) is 0.272. The summed E-state index contributed by atoms with van der Waals surface area (Å²) < 4.78 is 0. The summed E-state index contributed by atoms with van der Waals surface area (Å²) in [4.78, 5) is 25.2. The third-order valence-corrected chi connectivity index (χ3v) is 3.17. The molecule has 0 radical (unpaired) electrons. The van der Waals surface area contributed by atoms with Crippen molar-refractivity contribution in [1.82, 2.24) is 5.32 Å². The predicted molar refractivity (Wildman–Crippen MR) is 84.0 cm³/mol. The average molecular weight is 292 g/mol. The van der Waals surface area contributed by atoms with E-state index in [4.69, 9.17) is 5.11 Å². The zero-order valence-corrected chi connectivity index (χ0v) is 13.1. The van der Waals surface area contributed by atoms with Crippen molar-refractivity contribution in [1.29, 1.82) is 0 Å². The summed E-state index contributed by atoms with van der Waals surface area (Å²) >= 11 is 0. The average Bonchev–Trinajstić information content (AvgIpc) is 2.42. The molecule has 1 atom stereocenters. The number of rotatable bonds is 8. The highest BCUT2D eigenvalue weighted by molar-refractivity contribution is 6.00. The summed E-state index contributed by atoms with van der Waals surface area (Å²) in [5, 5.41) is 11.9. The van der Waals surface area contributed by atoms with Gasteiger partial charge in [-0.1, -0.05) is 13.8 Å². The molecule has 0 aromatic heterocycles. The Kier molecular flexibility index (Phi) is 6.37. The molecule has 2 N–H and O–H groups in total. The highest BCUT2D eigenvalue weighted by atomic mass is 16.4. The van der Waals surface area contributed by atoms with Crippen LogP contribution in [0.15, 0.2) is 24.3 Å². The van der Waals surface area contributed by atoms with Crippen LogP contribution in [0.3, 0.4) is 0 Å². The fourth-order valence-corrected chi connectivity index (χ4v) is 2.09. The van der Waals surface area contributed by atoms with Crippen molar-refractivity contribution in [2.24, 2.45) is 0 Å². The maximum atomic E-state index is 12.5. The molecule has 1 rings (SSSR count). The largest absolute Gasteiger partial charge is 0.481 e. The van der Waals surface area contributed by atoms with Crippen LogP contribution < -0.4 is 10.2 Å². The Morgan fingerprint density at radius 1 is 1.19 bits per heavy atom. The van der Waals surface area contributed by atoms with Crippen LogP contribution in [-0.2, 0) is 4.79 Å². The molecule has 0 heterocycles. The normalized spacial score (nSPS) is 12.2. The van der Waals surface area contributed by atoms with E-state index >= 15 is 0 Å². The van der Waals surface area contributed by atoms with Gasteiger partial charge in [0.05, 0.1) is 6.04 Å². The van der Waals surface area contributed by atoms with Gasteiger partial charge in [0.2, 0.25) is 0 Å². The zero-order chi connectivity index (χ0) is 16.0. The smallest absolute Gasteiger partial charge is 0.303 e. The van der Waals surface area contributed by atoms with Gasteiger partial charge in [-0.2, -0.15) is 0 Å². The van der Waals surface area contributed by atoms with E-state index in [-0.39, 0.29) is 18.2 Å². The first-order valence-electron chi connectivity index (χ1n) is 7.10. The van der Waals surface area contributed by atoms with Crippen LogP contribution in [0.4, 0.5) is 5.69 Å². The number of carboxylic acids is 1. The van der Waals surface area contributed by atoms with Crippen molar-refractivity contribution >= 4 is 17.4 Å². The van der Waals surface area contributed by atoms with Gasteiger partial charge in [0.25, 0.3) is 0 Å². The molecule has 0 saturated carbocycles. The van der Waals surface area contributed by atoms with Crippen molar-refractivity contribution in [3.05, 3.63) is 29.8 Å². The monoisotopic (exact) mass is 292 g/mol. The minimum Gasteiger partial charge on any atom is -0.481 e. The maximum Gasteiger partial charge on any atom is 0.303 e. The standard InChI is InChI=1S/C16H24N2O3/c1-11(2)17-14(9-10-15(19)20)16(21)12-5-7-13(8-6-12)18(3)4/h5-8,11,14,17H,9-10H2,1-4H3,(H,19,20). The van der Waals surface area contributed by atoms with E-state index in [9.17, 15) is 9.59 Å². The fourth-order valence-electron chi connectivity index (χ4n) is 2.09. The van der Waals surface area contributed by atoms with Gasteiger partial charge in [0.1, 0.15) is 0 Å². The molecule has 0 fully saturated rings. The molecule has 0 aliphatic heterocycles. The van der Waals surface area contributed by atoms with Crippen LogP contribution in [0.25, 0.3) is 0 Å². The van der Waals surface area contributed by atoms with E-state index in [1.807, 2.05) is 45.0 Å². The molecular weight excluding hydrogens is 268 g/mol. The van der Waals surface area contributed by atoms with Crippen LogP contribution in [0, 0.1) is 0 Å². The number of carbonyl (C=O) groups excluding carboxylic acids is 1. The number of benzene rings is 1. The topological polar surface area (TPSA) is 69.6 Å². The number of anilines is 1. The van der Waals surface area contributed by atoms with Gasteiger partial charge in [-0.15, -0.1) is 0 Å². The Morgan fingerprint density at radius 2 is 1.76 bits per heavy atom. The van der Waals surface area contributed by atoms with Gasteiger partial charge in [0, 0.05) is 37.8 Å². The van der Waals surface area contributed by atoms with E-state index in [0.717, 1.165) is 5.69 Å². The van der Waals surface area contributed by atoms with Crippen molar-refractivity contribution in [2.75, 3.05) is 19.0 Å². The van der Waals surface area contributed by atoms with Gasteiger partial charge in [-0.3, -0.25) is 9.59 Å². The van der Waals surface area contributed by atoms with Crippen LogP contribution in [0.2, 0.25) is 0 Å². The SMILES string of the molecule is CC(C)NC(CCC(=O)O)C(=O)c1ccc(N(C)C)cc1. The molecule has 21 heavy (non-hydrogen) atoms. The second-order valence-electron chi connectivity index (χ2n) is 5.61. The number of nitrogens with zero attached hydrogens (tertiary/aromatic N) is 1. The molecule has 0 aliphatic rings. The lowest BCUT2D eigenvalue weighted by Crippen LogP contribution is -2.41. The molecular formula is C16H24N2O3. The first kappa shape index (κ1) is 17.2. The second-order valence-corrected chi connectivity index (χ2v) is 5.61. The first-order chi connectivity index (χ1) is 9.81. The lowest BCUT2D eigenvalue weighted by molar-refractivity contribution is -0.137. The van der Waals surface area contributed by atoms with Crippen LogP contribution >= 0.6 is 0 Å². The molecule has 5 nitrogen and oxygen atoms in total. The number of carbonyl (C=O) groups is 2. The van der Waals surface area contributed by atoms with Crippen molar-refractivity contribution in [2.45, 2.75) is 38.8 Å². The molecule has 0 saturated heterocycles. The quantitative estimate of drug-likeness (QED) is 0.719. The highest BCUT2D eigenvalue weighted by Crippen LogP contribution is 2.15. The van der Waals surface area contributed by atoms with Gasteiger partial charge in [-0.05, 0) is 30.7 Å². The highest BCUT2D eigenvalue weighted by Gasteiger charge is 2.21. The Labute approximate surface area is 126 Å². The van der Waals surface area contributed by atoms with Crippen LogP contribution in [0.1, 0.15) is 37.0 Å². The van der Waals surface area contributed by atoms with E-state index < -0.39 is 12.0 Å². The zero-order valence-electron chi connectivity index (χ0n) is 13.1. The number of nitrogens with one attached hydrogen (secondary N) is 1. The summed E-state index contributed by atoms with van der Waals surface area (Å²) in [5.74, 6) is -0.948. The number of carboxylic acid groups (broad SMARTS) is 1. The lowest BCUT2D eigenvalue weighted by atomic mass is 9.99. The Balaban J connectivity index is 2.85. The number of ketones is 1. The van der Waals surface area contributed by atoms with Gasteiger partial charge < -0.3 is 15.3 Å². The molecule has 1 aromatic rings. The summed E-state index contributed by atoms with van der Waals surface area (Å²) in [5.41, 5.74) is 1.62. The van der Waals surface area contributed by atoms with Crippen molar-refractivity contribution in [3.8, 4) is 0 Å². The van der Waals surface area contributed by atoms with Crippen LogP contribution in [0.5, 0.6) is 0 Å². The Hall–Kier alpha value is -1.88. The lowest BCUT2D eigenvalue weighted by Gasteiger charge is -2.20. The molecule has 0 aliphatic carbocycles. The molecule has 1 aromatic carbocycles. The molecule has 5 heteroatoms. The molecule has 0 amide bonds. The fraction of sp³-hybridized carbons (Fsp3) is 0.500. The van der Waals surface area contributed by atoms with E-state index in [1.54, 1.807) is 12.1 Å². The Morgan fingerprint density at radius 3 is 2.19 bits per heavy atom.